The Hall–Kier alpha value is -1.42. The second kappa shape index (κ2) is 5.61. The predicted molar refractivity (Wildman–Crippen MR) is 64.9 cm³/mol. The summed E-state index contributed by atoms with van der Waals surface area (Å²) in [7, 11) is -0.965. The van der Waals surface area contributed by atoms with E-state index in [2.05, 4.69) is 6.58 Å². The summed E-state index contributed by atoms with van der Waals surface area (Å²) in [4.78, 5) is 10.6. The van der Waals surface area contributed by atoms with E-state index in [-0.39, 0.29) is 5.56 Å². The van der Waals surface area contributed by atoms with E-state index in [1.165, 1.54) is 12.1 Å². The first-order valence-electron chi connectivity index (χ1n) is 4.80. The van der Waals surface area contributed by atoms with Crippen molar-refractivity contribution in [3.63, 3.8) is 0 Å². The third-order valence-corrected chi connectivity index (χ3v) is 3.41. The Morgan fingerprint density at radius 2 is 1.94 bits per heavy atom. The number of benzene rings is 1. The summed E-state index contributed by atoms with van der Waals surface area (Å²) in [5.74, 6) is -0.0254. The monoisotopic (exact) mass is 238 g/mol. The lowest BCUT2D eigenvalue weighted by Crippen LogP contribution is -2.02. The van der Waals surface area contributed by atoms with Gasteiger partial charge in [-0.25, -0.2) is 4.79 Å². The number of carbonyl (C=O) groups is 1. The summed E-state index contributed by atoms with van der Waals surface area (Å²) in [5.41, 5.74) is 2.01. The number of hydrogen-bond donors (Lipinski definition) is 1. The summed E-state index contributed by atoms with van der Waals surface area (Å²) in [6.07, 6.45) is 0. The van der Waals surface area contributed by atoms with Crippen molar-refractivity contribution in [2.75, 3.05) is 5.75 Å². The van der Waals surface area contributed by atoms with Crippen LogP contribution in [0.5, 0.6) is 0 Å². The van der Waals surface area contributed by atoms with Gasteiger partial charge in [-0.3, -0.25) is 4.21 Å². The van der Waals surface area contributed by atoms with Crippen LogP contribution in [0.3, 0.4) is 0 Å². The van der Waals surface area contributed by atoms with Crippen LogP contribution in [0.4, 0.5) is 0 Å². The highest BCUT2D eigenvalue weighted by molar-refractivity contribution is 7.84. The predicted octanol–water partition coefficient (Wildman–Crippen LogP) is 2.21. The molecule has 0 aromatic heterocycles. The maximum absolute atomic E-state index is 11.6. The third kappa shape index (κ3) is 3.98. The highest BCUT2D eigenvalue weighted by Crippen LogP contribution is 2.08. The Bertz CT molecular complexity index is 420. The van der Waals surface area contributed by atoms with Crippen molar-refractivity contribution in [2.45, 2.75) is 12.7 Å². The van der Waals surface area contributed by atoms with E-state index in [1.807, 2.05) is 6.92 Å². The van der Waals surface area contributed by atoms with Crippen LogP contribution in [0.1, 0.15) is 22.8 Å². The minimum Gasteiger partial charge on any atom is -0.478 e. The van der Waals surface area contributed by atoms with Gasteiger partial charge in [0.25, 0.3) is 0 Å². The molecule has 1 atom stereocenters. The molecule has 0 heterocycles. The van der Waals surface area contributed by atoms with Gasteiger partial charge in [0.1, 0.15) is 0 Å². The quantitative estimate of drug-likeness (QED) is 0.800. The van der Waals surface area contributed by atoms with Crippen LogP contribution in [0.2, 0.25) is 0 Å². The molecule has 3 nitrogen and oxygen atoms in total. The summed E-state index contributed by atoms with van der Waals surface area (Å²) in [6, 6.07) is 6.44. The molecule has 4 heteroatoms. The van der Waals surface area contributed by atoms with E-state index in [0.717, 1.165) is 11.1 Å². The lowest BCUT2D eigenvalue weighted by molar-refractivity contribution is 0.0697. The van der Waals surface area contributed by atoms with Gasteiger partial charge in [-0.1, -0.05) is 24.3 Å². The molecule has 0 aliphatic carbocycles. The van der Waals surface area contributed by atoms with Crippen LogP contribution in [0.25, 0.3) is 0 Å². The van der Waals surface area contributed by atoms with Crippen LogP contribution >= 0.6 is 0 Å². The fraction of sp³-hybridized carbons (Fsp3) is 0.250. The zero-order chi connectivity index (χ0) is 12.1. The highest BCUT2D eigenvalue weighted by atomic mass is 32.2. The standard InChI is InChI=1S/C12H14O3S/c1-9(2)7-16(15)8-10-3-5-11(6-4-10)12(13)14/h3-6H,1,7-8H2,2H3,(H,13,14). The van der Waals surface area contributed by atoms with Gasteiger partial charge in [0.15, 0.2) is 0 Å². The number of carboxylic acids is 1. The van der Waals surface area contributed by atoms with Gasteiger partial charge >= 0.3 is 5.97 Å². The fourth-order valence-corrected chi connectivity index (χ4v) is 2.47. The minimum atomic E-state index is -0.965. The molecule has 0 spiro atoms. The number of carboxylic acid groups (broad SMARTS) is 1. The molecule has 1 N–H and O–H groups in total. The van der Waals surface area contributed by atoms with Gasteiger partial charge < -0.3 is 5.11 Å². The first-order valence-corrected chi connectivity index (χ1v) is 6.29. The SMILES string of the molecule is C=C(C)CS(=O)Cc1ccc(C(=O)O)cc1. The minimum absolute atomic E-state index is 0.245. The van der Waals surface area contributed by atoms with Gasteiger partial charge in [-0.05, 0) is 24.6 Å². The average Bonchev–Trinajstić information content (AvgIpc) is 2.16. The largest absolute Gasteiger partial charge is 0.478 e. The Labute approximate surface area is 97.3 Å². The molecular weight excluding hydrogens is 224 g/mol. The highest BCUT2D eigenvalue weighted by Gasteiger charge is 2.04. The third-order valence-electron chi connectivity index (χ3n) is 1.94. The average molecular weight is 238 g/mol. The van der Waals surface area contributed by atoms with Crippen molar-refractivity contribution in [2.24, 2.45) is 0 Å². The Balaban J connectivity index is 2.65. The summed E-state index contributed by atoms with van der Waals surface area (Å²) < 4.78 is 11.6. The Kier molecular flexibility index (Phi) is 4.43. The summed E-state index contributed by atoms with van der Waals surface area (Å²) >= 11 is 0. The first kappa shape index (κ1) is 12.6. The van der Waals surface area contributed by atoms with Crippen LogP contribution in [-0.4, -0.2) is 21.0 Å². The van der Waals surface area contributed by atoms with E-state index >= 15 is 0 Å². The summed E-state index contributed by atoms with van der Waals surface area (Å²) in [6.45, 7) is 5.54. The van der Waals surface area contributed by atoms with E-state index in [0.29, 0.717) is 11.5 Å². The molecule has 1 unspecified atom stereocenters. The van der Waals surface area contributed by atoms with Crippen LogP contribution in [0.15, 0.2) is 36.4 Å². The zero-order valence-corrected chi connectivity index (χ0v) is 9.92. The first-order chi connectivity index (χ1) is 7.49. The topological polar surface area (TPSA) is 54.4 Å². The molecule has 1 rings (SSSR count). The molecular formula is C12H14O3S. The van der Waals surface area contributed by atoms with Crippen molar-refractivity contribution in [3.05, 3.63) is 47.5 Å². The maximum Gasteiger partial charge on any atom is 0.335 e. The summed E-state index contributed by atoms with van der Waals surface area (Å²) in [5, 5.41) is 8.70. The molecule has 0 bridgehead atoms. The van der Waals surface area contributed by atoms with E-state index in [9.17, 15) is 9.00 Å². The molecule has 0 radical (unpaired) electrons. The Morgan fingerprint density at radius 1 is 1.38 bits per heavy atom. The molecule has 0 saturated carbocycles. The van der Waals surface area contributed by atoms with Crippen molar-refractivity contribution < 1.29 is 14.1 Å². The van der Waals surface area contributed by atoms with Gasteiger partial charge in [0, 0.05) is 22.3 Å². The van der Waals surface area contributed by atoms with Gasteiger partial charge in [0.05, 0.1) is 5.56 Å². The second-order valence-electron chi connectivity index (χ2n) is 3.69. The van der Waals surface area contributed by atoms with Crippen LogP contribution in [-0.2, 0) is 16.6 Å². The molecule has 0 fully saturated rings. The van der Waals surface area contributed by atoms with Crippen LogP contribution in [0, 0.1) is 0 Å². The molecule has 0 aliphatic heterocycles. The van der Waals surface area contributed by atoms with E-state index in [1.54, 1.807) is 12.1 Å². The van der Waals surface area contributed by atoms with Crippen molar-refractivity contribution in [1.82, 2.24) is 0 Å². The number of rotatable bonds is 5. The molecule has 1 aromatic carbocycles. The molecule has 0 amide bonds. The second-order valence-corrected chi connectivity index (χ2v) is 5.14. The number of aromatic carboxylic acids is 1. The smallest absolute Gasteiger partial charge is 0.335 e. The lowest BCUT2D eigenvalue weighted by atomic mass is 10.1. The van der Waals surface area contributed by atoms with E-state index in [4.69, 9.17) is 5.11 Å². The normalized spacial score (nSPS) is 12.1. The lowest BCUT2D eigenvalue weighted by Gasteiger charge is -2.02. The van der Waals surface area contributed by atoms with Crippen molar-refractivity contribution >= 4 is 16.8 Å². The molecule has 16 heavy (non-hydrogen) atoms. The maximum atomic E-state index is 11.6. The zero-order valence-electron chi connectivity index (χ0n) is 9.10. The van der Waals surface area contributed by atoms with Gasteiger partial charge in [-0.2, -0.15) is 0 Å². The molecule has 0 saturated heterocycles. The molecule has 86 valence electrons. The Morgan fingerprint density at radius 3 is 2.38 bits per heavy atom. The van der Waals surface area contributed by atoms with E-state index < -0.39 is 16.8 Å². The van der Waals surface area contributed by atoms with Gasteiger partial charge in [-0.15, -0.1) is 0 Å². The van der Waals surface area contributed by atoms with Crippen molar-refractivity contribution in [3.8, 4) is 0 Å². The van der Waals surface area contributed by atoms with Crippen molar-refractivity contribution in [1.29, 1.82) is 0 Å². The number of hydrogen-bond acceptors (Lipinski definition) is 2. The van der Waals surface area contributed by atoms with Gasteiger partial charge in [0.2, 0.25) is 0 Å². The molecule has 0 aliphatic rings. The van der Waals surface area contributed by atoms with Crippen LogP contribution < -0.4 is 0 Å². The molecule has 1 aromatic rings. The fourth-order valence-electron chi connectivity index (χ4n) is 1.26.